The number of anilines is 1. The molecule has 2 atom stereocenters. The van der Waals surface area contributed by atoms with Crippen molar-refractivity contribution in [3.63, 3.8) is 0 Å². The third-order valence-corrected chi connectivity index (χ3v) is 9.64. The van der Waals surface area contributed by atoms with Crippen LogP contribution in [-0.2, 0) is 27.5 Å². The minimum absolute atomic E-state index is 0.00811. The van der Waals surface area contributed by atoms with Gasteiger partial charge in [0.05, 0.1) is 36.5 Å². The van der Waals surface area contributed by atoms with Gasteiger partial charge < -0.3 is 19.3 Å². The number of ether oxygens (including phenoxy) is 2. The Morgan fingerprint density at radius 2 is 1.88 bits per heavy atom. The van der Waals surface area contributed by atoms with E-state index in [-0.39, 0.29) is 37.4 Å². The molecule has 12 nitrogen and oxygen atoms in total. The molecule has 1 fully saturated rings. The Morgan fingerprint density at radius 1 is 1.10 bits per heavy atom. The number of carbonyl (C=O) groups is 3. The van der Waals surface area contributed by atoms with Gasteiger partial charge in [-0.05, 0) is 73.4 Å². The number of nitrogens with zero attached hydrogens (tertiary/aromatic N) is 7. The maximum Gasteiger partial charge on any atom is 0.312 e. The van der Waals surface area contributed by atoms with Crippen molar-refractivity contribution in [1.29, 1.82) is 5.26 Å². The molecule has 0 saturated carbocycles. The fraction of sp³-hybridized carbons (Fsp3) is 0.333. The van der Waals surface area contributed by atoms with Crippen molar-refractivity contribution in [2.75, 3.05) is 32.1 Å². The van der Waals surface area contributed by atoms with Crippen molar-refractivity contribution in [2.45, 2.75) is 45.9 Å². The van der Waals surface area contributed by atoms with E-state index < -0.39 is 5.97 Å². The van der Waals surface area contributed by atoms with E-state index >= 15 is 0 Å². The molecule has 0 unspecified atom stereocenters. The number of hydrogen-bond acceptors (Lipinski definition) is 9. The third-order valence-electron chi connectivity index (χ3n) is 9.39. The predicted molar refractivity (Wildman–Crippen MR) is 185 cm³/mol. The van der Waals surface area contributed by atoms with Crippen molar-refractivity contribution in [2.24, 2.45) is 5.92 Å². The summed E-state index contributed by atoms with van der Waals surface area (Å²) in [6.07, 6.45) is 3.88. The number of fused-ring (bicyclic) bond motifs is 2. The van der Waals surface area contributed by atoms with Gasteiger partial charge in [0.15, 0.2) is 6.73 Å². The summed E-state index contributed by atoms with van der Waals surface area (Å²) in [5, 5.41) is 11.0. The number of piperidine rings is 1. The number of amides is 1. The molecule has 1 amide bonds. The molecular formula is C36H36ClN7O5. The van der Waals surface area contributed by atoms with Gasteiger partial charge in [0, 0.05) is 48.0 Å². The number of carbonyl (C=O) groups excluding carboxylic acids is 3. The zero-order chi connectivity index (χ0) is 34.8. The molecule has 4 heterocycles. The van der Waals surface area contributed by atoms with Crippen molar-refractivity contribution in [3.05, 3.63) is 82.9 Å². The smallest absolute Gasteiger partial charge is 0.312 e. The van der Waals surface area contributed by atoms with E-state index in [1.54, 1.807) is 63.7 Å². The number of hydrogen-bond donors (Lipinski definition) is 0. The molecule has 0 spiro atoms. The zero-order valence-corrected chi connectivity index (χ0v) is 28.5. The molecule has 49 heavy (non-hydrogen) atoms. The SMILES string of the molecule is COc1ccc2c(c1)c(CC(=O)OCn1ccc3c(N(C)[C@H]4CN(C(=O)CC#N)CC[C@H]4C)ncnc31)c(C)n2C(=O)c1ccc(Cl)cc1. The Kier molecular flexibility index (Phi) is 9.56. The van der Waals surface area contributed by atoms with E-state index in [0.29, 0.717) is 69.0 Å². The van der Waals surface area contributed by atoms with E-state index in [1.165, 1.54) is 6.33 Å². The summed E-state index contributed by atoms with van der Waals surface area (Å²) >= 11 is 6.05. The molecule has 2 aromatic carbocycles. The van der Waals surface area contributed by atoms with Crippen molar-refractivity contribution in [1.82, 2.24) is 24.0 Å². The van der Waals surface area contributed by atoms with E-state index in [0.717, 1.165) is 11.8 Å². The number of halogens is 1. The predicted octanol–water partition coefficient (Wildman–Crippen LogP) is 5.38. The highest BCUT2D eigenvalue weighted by molar-refractivity contribution is 6.30. The molecule has 1 aliphatic rings. The minimum atomic E-state index is -0.477. The van der Waals surface area contributed by atoms with Crippen LogP contribution in [-0.4, -0.2) is 75.1 Å². The van der Waals surface area contributed by atoms with Crippen molar-refractivity contribution >= 4 is 57.1 Å². The maximum absolute atomic E-state index is 13.6. The van der Waals surface area contributed by atoms with Crippen LogP contribution in [0.3, 0.4) is 0 Å². The molecule has 0 radical (unpaired) electrons. The second-order valence-electron chi connectivity index (χ2n) is 12.3. The van der Waals surface area contributed by atoms with Gasteiger partial charge in [0.25, 0.3) is 5.91 Å². The summed E-state index contributed by atoms with van der Waals surface area (Å²) in [7, 11) is 3.51. The number of likely N-dealkylation sites (tertiary alicyclic amines) is 1. The van der Waals surface area contributed by atoms with E-state index in [1.807, 2.05) is 32.2 Å². The molecule has 0 bridgehead atoms. The van der Waals surface area contributed by atoms with Crippen LogP contribution in [0.15, 0.2) is 61.1 Å². The number of methoxy groups -OCH3 is 1. The Bertz CT molecular complexity index is 2100. The number of benzene rings is 2. The van der Waals surface area contributed by atoms with Gasteiger partial charge in [-0.1, -0.05) is 18.5 Å². The highest BCUT2D eigenvalue weighted by Crippen LogP contribution is 2.32. The van der Waals surface area contributed by atoms with Crippen LogP contribution in [0.1, 0.15) is 41.4 Å². The van der Waals surface area contributed by atoms with Crippen LogP contribution in [0.2, 0.25) is 5.02 Å². The molecular weight excluding hydrogens is 646 g/mol. The van der Waals surface area contributed by atoms with Crippen LogP contribution < -0.4 is 9.64 Å². The topological polar surface area (TPSA) is 136 Å². The molecule has 6 rings (SSSR count). The van der Waals surface area contributed by atoms with Crippen LogP contribution in [0, 0.1) is 24.2 Å². The first-order chi connectivity index (χ1) is 23.6. The zero-order valence-electron chi connectivity index (χ0n) is 27.7. The number of aromatic nitrogens is 4. The first-order valence-electron chi connectivity index (χ1n) is 15.9. The number of nitriles is 1. The summed E-state index contributed by atoms with van der Waals surface area (Å²) in [6.45, 7) is 5.00. The van der Waals surface area contributed by atoms with Gasteiger partial charge in [0.1, 0.15) is 30.0 Å². The third kappa shape index (κ3) is 6.54. The lowest BCUT2D eigenvalue weighted by atomic mass is 9.92. The summed E-state index contributed by atoms with van der Waals surface area (Å²) < 4.78 is 14.6. The molecule has 1 aliphatic heterocycles. The summed E-state index contributed by atoms with van der Waals surface area (Å²) in [5.41, 5.74) is 2.99. The van der Waals surface area contributed by atoms with Crippen LogP contribution in [0.4, 0.5) is 5.82 Å². The molecule has 5 aromatic rings. The molecule has 0 N–H and O–H groups in total. The molecule has 3 aromatic heterocycles. The van der Waals surface area contributed by atoms with Crippen LogP contribution in [0.5, 0.6) is 5.75 Å². The number of esters is 1. The normalized spacial score (nSPS) is 16.0. The van der Waals surface area contributed by atoms with Crippen LogP contribution >= 0.6 is 11.6 Å². The average Bonchev–Trinajstić information content (AvgIpc) is 3.64. The lowest BCUT2D eigenvalue weighted by molar-refractivity contribution is -0.146. The fourth-order valence-corrected chi connectivity index (χ4v) is 6.75. The van der Waals surface area contributed by atoms with Crippen molar-refractivity contribution < 1.29 is 23.9 Å². The molecule has 0 aliphatic carbocycles. The minimum Gasteiger partial charge on any atom is -0.497 e. The van der Waals surface area contributed by atoms with Gasteiger partial charge in [-0.15, -0.1) is 0 Å². The standard InChI is InChI=1S/C36H36ClN7O5/c1-22-12-15-42(32(45)11-14-38)19-31(22)41(3)34-27-13-16-43(35(27)40-20-39-34)21-49-33(46)18-28-23(2)44(30-10-9-26(48-4)17-29(28)30)36(47)24-5-7-25(37)8-6-24/h5-10,13,16-17,20,22,31H,11-12,15,18-19,21H2,1-4H3/t22-,31+/m1/s1. The first-order valence-corrected chi connectivity index (χ1v) is 16.3. The van der Waals surface area contributed by atoms with E-state index in [4.69, 9.17) is 26.3 Å². The van der Waals surface area contributed by atoms with Gasteiger partial charge in [-0.3, -0.25) is 23.5 Å². The quantitative estimate of drug-likeness (QED) is 0.188. The van der Waals surface area contributed by atoms with E-state index in [2.05, 4.69) is 21.8 Å². The monoisotopic (exact) mass is 681 g/mol. The highest BCUT2D eigenvalue weighted by Gasteiger charge is 2.33. The lowest BCUT2D eigenvalue weighted by Crippen LogP contribution is -2.52. The number of rotatable bonds is 9. The summed E-state index contributed by atoms with van der Waals surface area (Å²) in [4.78, 5) is 52.3. The Morgan fingerprint density at radius 3 is 2.61 bits per heavy atom. The lowest BCUT2D eigenvalue weighted by Gasteiger charge is -2.42. The van der Waals surface area contributed by atoms with Crippen molar-refractivity contribution in [3.8, 4) is 11.8 Å². The Hall–Kier alpha value is -5.41. The van der Waals surface area contributed by atoms with Gasteiger partial charge >= 0.3 is 5.97 Å². The Balaban J connectivity index is 1.21. The molecule has 252 valence electrons. The first kappa shape index (κ1) is 33.5. The molecule has 1 saturated heterocycles. The largest absolute Gasteiger partial charge is 0.497 e. The summed E-state index contributed by atoms with van der Waals surface area (Å²) in [5.74, 6) is 0.703. The average molecular weight is 682 g/mol. The highest BCUT2D eigenvalue weighted by atomic mass is 35.5. The fourth-order valence-electron chi connectivity index (χ4n) is 6.62. The van der Waals surface area contributed by atoms with Gasteiger partial charge in [-0.2, -0.15) is 5.26 Å². The van der Waals surface area contributed by atoms with Gasteiger partial charge in [0.2, 0.25) is 5.91 Å². The number of likely N-dealkylation sites (N-methyl/N-ethyl adjacent to an activating group) is 1. The van der Waals surface area contributed by atoms with Gasteiger partial charge in [-0.25, -0.2) is 9.97 Å². The second-order valence-corrected chi connectivity index (χ2v) is 12.7. The van der Waals surface area contributed by atoms with E-state index in [9.17, 15) is 14.4 Å². The molecule has 13 heteroatoms. The maximum atomic E-state index is 13.6. The van der Waals surface area contributed by atoms with Crippen LogP contribution in [0.25, 0.3) is 21.9 Å². The Labute approximate surface area is 288 Å². The summed E-state index contributed by atoms with van der Waals surface area (Å²) in [6, 6.07) is 15.9. The second kappa shape index (κ2) is 14.0.